The summed E-state index contributed by atoms with van der Waals surface area (Å²) in [7, 11) is 1.57. The predicted octanol–water partition coefficient (Wildman–Crippen LogP) is 3.36. The van der Waals surface area contributed by atoms with Crippen LogP contribution in [0.4, 0.5) is 10.1 Å². The Kier molecular flexibility index (Phi) is 5.21. The first-order valence-corrected chi connectivity index (χ1v) is 8.49. The van der Waals surface area contributed by atoms with Crippen molar-refractivity contribution in [1.82, 2.24) is 5.32 Å². The number of carbonyl (C=O) groups is 2. The van der Waals surface area contributed by atoms with E-state index >= 15 is 0 Å². The van der Waals surface area contributed by atoms with Gasteiger partial charge in [0.05, 0.1) is 18.4 Å². The van der Waals surface area contributed by atoms with Gasteiger partial charge < -0.3 is 15.4 Å². The maximum atomic E-state index is 13.6. The number of amides is 2. The van der Waals surface area contributed by atoms with Gasteiger partial charge in [-0.1, -0.05) is 19.1 Å². The number of ether oxygens (including phenoxy) is 1. The van der Waals surface area contributed by atoms with Crippen molar-refractivity contribution in [1.29, 1.82) is 0 Å². The molecule has 1 aliphatic rings. The standard InChI is InChI=1S/C20H21FN2O3/c1-12-8-16(12)20(25)23-18-7-6-14(21)10-17(18)19(24)22-11-13-4-3-5-15(9-13)26-2/h3-7,9-10,12,16H,8,11H2,1-2H3,(H,22,24)(H,23,25). The minimum absolute atomic E-state index is 0.0345. The van der Waals surface area contributed by atoms with Crippen LogP contribution in [0.15, 0.2) is 42.5 Å². The van der Waals surface area contributed by atoms with Gasteiger partial charge in [0.25, 0.3) is 5.91 Å². The molecule has 0 saturated heterocycles. The van der Waals surface area contributed by atoms with Gasteiger partial charge in [-0.25, -0.2) is 4.39 Å². The molecule has 2 aromatic carbocycles. The summed E-state index contributed by atoms with van der Waals surface area (Å²) in [5.74, 6) is -0.116. The van der Waals surface area contributed by atoms with Gasteiger partial charge in [0, 0.05) is 12.5 Å². The Bertz CT molecular complexity index is 838. The quantitative estimate of drug-likeness (QED) is 0.834. The van der Waals surface area contributed by atoms with Gasteiger partial charge in [-0.3, -0.25) is 9.59 Å². The molecule has 2 aromatic rings. The first-order valence-electron chi connectivity index (χ1n) is 8.49. The zero-order valence-corrected chi connectivity index (χ0v) is 14.7. The Morgan fingerprint density at radius 2 is 2.00 bits per heavy atom. The third-order valence-electron chi connectivity index (χ3n) is 4.52. The second kappa shape index (κ2) is 7.56. The van der Waals surface area contributed by atoms with Crippen molar-refractivity contribution in [3.05, 3.63) is 59.4 Å². The third-order valence-corrected chi connectivity index (χ3v) is 4.52. The van der Waals surface area contributed by atoms with E-state index in [1.54, 1.807) is 7.11 Å². The summed E-state index contributed by atoms with van der Waals surface area (Å²) >= 11 is 0. The Labute approximate surface area is 151 Å². The van der Waals surface area contributed by atoms with Crippen LogP contribution in [0, 0.1) is 17.7 Å². The van der Waals surface area contributed by atoms with Crippen molar-refractivity contribution in [3.8, 4) is 5.75 Å². The molecule has 3 rings (SSSR count). The summed E-state index contributed by atoms with van der Waals surface area (Å²) in [5, 5.41) is 5.49. The lowest BCUT2D eigenvalue weighted by Gasteiger charge is -2.12. The maximum Gasteiger partial charge on any atom is 0.253 e. The minimum atomic E-state index is -0.533. The van der Waals surface area contributed by atoms with Gasteiger partial charge >= 0.3 is 0 Å². The number of anilines is 1. The lowest BCUT2D eigenvalue weighted by atomic mass is 10.1. The fraction of sp³-hybridized carbons (Fsp3) is 0.300. The Morgan fingerprint density at radius 3 is 2.69 bits per heavy atom. The molecule has 1 fully saturated rings. The van der Waals surface area contributed by atoms with Crippen LogP contribution in [-0.2, 0) is 11.3 Å². The van der Waals surface area contributed by atoms with Gasteiger partial charge in [0.1, 0.15) is 11.6 Å². The highest BCUT2D eigenvalue weighted by atomic mass is 19.1. The van der Waals surface area contributed by atoms with Crippen LogP contribution in [0.1, 0.15) is 29.3 Å². The molecule has 136 valence electrons. The molecule has 26 heavy (non-hydrogen) atoms. The number of nitrogens with one attached hydrogen (secondary N) is 2. The summed E-state index contributed by atoms with van der Waals surface area (Å²) in [4.78, 5) is 24.7. The van der Waals surface area contributed by atoms with Crippen LogP contribution in [0.3, 0.4) is 0 Å². The predicted molar refractivity (Wildman–Crippen MR) is 96.5 cm³/mol. The molecule has 0 radical (unpaired) electrons. The van der Waals surface area contributed by atoms with E-state index in [0.717, 1.165) is 18.1 Å². The Hall–Kier alpha value is -2.89. The molecule has 0 aliphatic heterocycles. The number of hydrogen-bond donors (Lipinski definition) is 2. The molecule has 5 nitrogen and oxygen atoms in total. The molecule has 0 bridgehead atoms. The van der Waals surface area contributed by atoms with Crippen LogP contribution >= 0.6 is 0 Å². The highest BCUT2D eigenvalue weighted by Crippen LogP contribution is 2.38. The van der Waals surface area contributed by atoms with Gasteiger partial charge in [0.2, 0.25) is 5.91 Å². The number of hydrogen-bond acceptors (Lipinski definition) is 3. The lowest BCUT2D eigenvalue weighted by molar-refractivity contribution is -0.117. The highest BCUT2D eigenvalue weighted by molar-refractivity contribution is 6.04. The molecule has 2 atom stereocenters. The largest absolute Gasteiger partial charge is 0.497 e. The normalized spacial score (nSPS) is 18.1. The summed E-state index contributed by atoms with van der Waals surface area (Å²) in [6.45, 7) is 2.26. The van der Waals surface area contributed by atoms with Crippen molar-refractivity contribution in [2.75, 3.05) is 12.4 Å². The molecule has 2 N–H and O–H groups in total. The number of carbonyl (C=O) groups excluding carboxylic acids is 2. The summed E-state index contributed by atoms with van der Waals surface area (Å²) in [6, 6.07) is 11.1. The fourth-order valence-electron chi connectivity index (χ4n) is 2.79. The van der Waals surface area contributed by atoms with Gasteiger partial charge in [0.15, 0.2) is 0 Å². The highest BCUT2D eigenvalue weighted by Gasteiger charge is 2.39. The topological polar surface area (TPSA) is 67.4 Å². The van der Waals surface area contributed by atoms with E-state index < -0.39 is 11.7 Å². The van der Waals surface area contributed by atoms with Crippen LogP contribution in [0.25, 0.3) is 0 Å². The average molecular weight is 356 g/mol. The van der Waals surface area contributed by atoms with Crippen molar-refractivity contribution in [3.63, 3.8) is 0 Å². The molecule has 0 spiro atoms. The van der Waals surface area contributed by atoms with Gasteiger partial charge in [-0.2, -0.15) is 0 Å². The number of rotatable bonds is 6. The summed E-state index contributed by atoms with van der Waals surface area (Å²) in [6.07, 6.45) is 0.838. The summed E-state index contributed by atoms with van der Waals surface area (Å²) < 4.78 is 18.8. The SMILES string of the molecule is COc1cccc(CNC(=O)c2cc(F)ccc2NC(=O)C2CC2C)c1. The van der Waals surface area contributed by atoms with E-state index in [-0.39, 0.29) is 23.9 Å². The molecule has 0 heterocycles. The molecule has 1 aliphatic carbocycles. The number of benzene rings is 2. The van der Waals surface area contributed by atoms with Crippen molar-refractivity contribution < 1.29 is 18.7 Å². The molecule has 0 aromatic heterocycles. The number of halogens is 1. The van der Waals surface area contributed by atoms with Crippen LogP contribution in [0.2, 0.25) is 0 Å². The van der Waals surface area contributed by atoms with E-state index in [1.165, 1.54) is 12.1 Å². The zero-order valence-electron chi connectivity index (χ0n) is 14.7. The van der Waals surface area contributed by atoms with E-state index in [2.05, 4.69) is 10.6 Å². The zero-order chi connectivity index (χ0) is 18.7. The lowest BCUT2D eigenvalue weighted by Crippen LogP contribution is -2.25. The third kappa shape index (κ3) is 4.20. The Balaban J connectivity index is 1.71. The first kappa shape index (κ1) is 17.9. The van der Waals surface area contributed by atoms with Gasteiger partial charge in [-0.05, 0) is 48.2 Å². The minimum Gasteiger partial charge on any atom is -0.497 e. The Morgan fingerprint density at radius 1 is 1.23 bits per heavy atom. The first-order chi connectivity index (χ1) is 12.5. The molecular weight excluding hydrogens is 335 g/mol. The molecule has 1 saturated carbocycles. The van der Waals surface area contributed by atoms with Gasteiger partial charge in [-0.15, -0.1) is 0 Å². The van der Waals surface area contributed by atoms with E-state index in [4.69, 9.17) is 4.74 Å². The second-order valence-corrected chi connectivity index (χ2v) is 6.53. The van der Waals surface area contributed by atoms with Crippen molar-refractivity contribution >= 4 is 17.5 Å². The van der Waals surface area contributed by atoms with Crippen molar-refractivity contribution in [2.45, 2.75) is 19.9 Å². The molecule has 6 heteroatoms. The monoisotopic (exact) mass is 356 g/mol. The molecule has 2 unspecified atom stereocenters. The number of methoxy groups -OCH3 is 1. The molecular formula is C20H21FN2O3. The van der Waals surface area contributed by atoms with E-state index in [1.807, 2.05) is 31.2 Å². The van der Waals surface area contributed by atoms with E-state index in [0.29, 0.717) is 17.4 Å². The van der Waals surface area contributed by atoms with E-state index in [9.17, 15) is 14.0 Å². The maximum absolute atomic E-state index is 13.6. The summed E-state index contributed by atoms with van der Waals surface area (Å²) in [5.41, 5.74) is 1.28. The van der Waals surface area contributed by atoms with Crippen LogP contribution in [-0.4, -0.2) is 18.9 Å². The smallest absolute Gasteiger partial charge is 0.253 e. The van der Waals surface area contributed by atoms with Crippen LogP contribution in [0.5, 0.6) is 5.75 Å². The second-order valence-electron chi connectivity index (χ2n) is 6.53. The molecule has 2 amide bonds. The van der Waals surface area contributed by atoms with Crippen LogP contribution < -0.4 is 15.4 Å². The van der Waals surface area contributed by atoms with Crippen molar-refractivity contribution in [2.24, 2.45) is 11.8 Å². The fourth-order valence-corrected chi connectivity index (χ4v) is 2.79. The average Bonchev–Trinajstić information content (AvgIpc) is 3.38.